The molecule has 7 atom stereocenters. The first-order chi connectivity index (χ1) is 17.1. The normalized spacial score (nSPS) is 36.5. The lowest BCUT2D eigenvalue weighted by Crippen LogP contribution is -2.54. The average molecular weight is 505 g/mol. The van der Waals surface area contributed by atoms with Crippen molar-refractivity contribution in [2.45, 2.75) is 129 Å². The van der Waals surface area contributed by atoms with E-state index in [1.807, 2.05) is 18.9 Å². The summed E-state index contributed by atoms with van der Waals surface area (Å²) in [6.45, 7) is 15.5. The molecule has 7 heteroatoms. The lowest BCUT2D eigenvalue weighted by atomic mass is 9.82. The molecule has 2 amide bonds. The minimum absolute atomic E-state index is 0.0591. The van der Waals surface area contributed by atoms with Crippen molar-refractivity contribution in [1.82, 2.24) is 20.9 Å². The number of hydrogen-bond donors (Lipinski definition) is 3. The first kappa shape index (κ1) is 29.0. The summed E-state index contributed by atoms with van der Waals surface area (Å²) in [4.78, 5) is 28.5. The van der Waals surface area contributed by atoms with Gasteiger partial charge in [-0.25, -0.2) is 0 Å². The summed E-state index contributed by atoms with van der Waals surface area (Å²) >= 11 is 0. The molecule has 1 heterocycles. The van der Waals surface area contributed by atoms with E-state index in [0.717, 1.165) is 31.5 Å². The molecule has 36 heavy (non-hydrogen) atoms. The largest absolute Gasteiger partial charge is 0.374 e. The molecule has 2 saturated carbocycles. The Kier molecular flexibility index (Phi) is 10.7. The van der Waals surface area contributed by atoms with E-state index >= 15 is 0 Å². The smallest absolute Gasteiger partial charge is 0.243 e. The molecule has 2 unspecified atom stereocenters. The molecule has 1 saturated heterocycles. The van der Waals surface area contributed by atoms with Gasteiger partial charge in [-0.2, -0.15) is 0 Å². The van der Waals surface area contributed by atoms with Crippen LogP contribution in [0.4, 0.5) is 0 Å². The Hall–Kier alpha value is -1.60. The first-order valence-electron chi connectivity index (χ1n) is 14.5. The van der Waals surface area contributed by atoms with E-state index < -0.39 is 12.1 Å². The lowest BCUT2D eigenvalue weighted by molar-refractivity contribution is -0.131. The monoisotopic (exact) mass is 504 g/mol. The first-order valence-corrected chi connectivity index (χ1v) is 14.5. The standard InChI is InChI=1S/C29H52N4O3/c1-18(2)16-25-29(35)31-19(3)12-13-23-10-8-9-11-26(23)36-20(4)17-30-27(24-14-15-24)21(5)33(7)22(6)28(34)32-25/h18-20,22-27,30H,5,8-17H2,1-4,6-7H3,(H,31,35)(H,32,34)/t19-,20+,22+,23?,25+,26?,27+/m0/s1. The van der Waals surface area contributed by atoms with Crippen molar-refractivity contribution in [3.8, 4) is 0 Å². The molecule has 1 aliphatic heterocycles. The van der Waals surface area contributed by atoms with Crippen molar-refractivity contribution >= 4 is 11.8 Å². The zero-order valence-corrected chi connectivity index (χ0v) is 23.6. The number of hydrogen-bond acceptors (Lipinski definition) is 5. The third kappa shape index (κ3) is 8.20. The van der Waals surface area contributed by atoms with Gasteiger partial charge < -0.3 is 25.6 Å². The second kappa shape index (κ2) is 13.3. The predicted molar refractivity (Wildman–Crippen MR) is 145 cm³/mol. The number of nitrogens with zero attached hydrogens (tertiary/aromatic N) is 1. The number of fused-ring (bicyclic) bond motifs is 1. The summed E-state index contributed by atoms with van der Waals surface area (Å²) in [5, 5.41) is 9.99. The van der Waals surface area contributed by atoms with E-state index in [0.29, 0.717) is 24.2 Å². The highest BCUT2D eigenvalue weighted by Crippen LogP contribution is 2.36. The Bertz CT molecular complexity index is 753. The van der Waals surface area contributed by atoms with Gasteiger partial charge in [0.25, 0.3) is 0 Å². The summed E-state index contributed by atoms with van der Waals surface area (Å²) in [6, 6.07) is -0.764. The Balaban J connectivity index is 1.80. The van der Waals surface area contributed by atoms with Gasteiger partial charge in [0.15, 0.2) is 0 Å². The maximum atomic E-state index is 13.3. The second-order valence-electron chi connectivity index (χ2n) is 12.2. The molecule has 0 bridgehead atoms. The molecule has 0 aromatic rings. The molecule has 3 rings (SSSR count). The maximum absolute atomic E-state index is 13.3. The predicted octanol–water partition coefficient (Wildman–Crippen LogP) is 3.98. The fourth-order valence-corrected chi connectivity index (χ4v) is 5.83. The number of carbonyl (C=O) groups excluding carboxylic acids is 2. The van der Waals surface area contributed by atoms with Crippen molar-refractivity contribution in [1.29, 1.82) is 0 Å². The van der Waals surface area contributed by atoms with Gasteiger partial charge in [0, 0.05) is 31.4 Å². The van der Waals surface area contributed by atoms with E-state index in [4.69, 9.17) is 4.74 Å². The van der Waals surface area contributed by atoms with Crippen LogP contribution >= 0.6 is 0 Å². The van der Waals surface area contributed by atoms with Gasteiger partial charge in [-0.3, -0.25) is 9.59 Å². The second-order valence-corrected chi connectivity index (χ2v) is 12.2. The summed E-state index contributed by atoms with van der Waals surface area (Å²) in [7, 11) is 1.94. The van der Waals surface area contributed by atoms with Gasteiger partial charge in [0.1, 0.15) is 12.1 Å². The van der Waals surface area contributed by atoms with Crippen LogP contribution in [0.2, 0.25) is 0 Å². The fourth-order valence-electron chi connectivity index (χ4n) is 5.83. The Morgan fingerprint density at radius 1 is 0.944 bits per heavy atom. The van der Waals surface area contributed by atoms with E-state index in [-0.39, 0.29) is 36.1 Å². The van der Waals surface area contributed by atoms with Crippen LogP contribution in [0.1, 0.15) is 92.4 Å². The highest BCUT2D eigenvalue weighted by atomic mass is 16.5. The van der Waals surface area contributed by atoms with Gasteiger partial charge >= 0.3 is 0 Å². The lowest BCUT2D eigenvalue weighted by Gasteiger charge is -2.37. The minimum atomic E-state index is -0.535. The summed E-state index contributed by atoms with van der Waals surface area (Å²) in [6.07, 6.45) is 10.2. The van der Waals surface area contributed by atoms with Gasteiger partial charge in [0.2, 0.25) is 11.8 Å². The Morgan fingerprint density at radius 2 is 1.61 bits per heavy atom. The number of carbonyl (C=O) groups is 2. The van der Waals surface area contributed by atoms with Crippen LogP contribution in [0, 0.1) is 17.8 Å². The Morgan fingerprint density at radius 3 is 2.28 bits per heavy atom. The Labute approximate surface area is 219 Å². The van der Waals surface area contributed by atoms with Crippen LogP contribution in [-0.4, -0.2) is 66.7 Å². The van der Waals surface area contributed by atoms with E-state index in [1.54, 1.807) is 0 Å². The summed E-state index contributed by atoms with van der Waals surface area (Å²) < 4.78 is 6.61. The molecule has 0 aromatic heterocycles. The third-order valence-corrected chi connectivity index (χ3v) is 8.44. The SMILES string of the molecule is C=C1[C@H](C2CC2)NC[C@@H](C)OC2CCCCC2CC[C@H](C)NC(=O)[C@@H](CC(C)C)NC(=O)[C@@H](C)N1C. The zero-order valence-electron chi connectivity index (χ0n) is 23.6. The minimum Gasteiger partial charge on any atom is -0.374 e. The summed E-state index contributed by atoms with van der Waals surface area (Å²) in [5.41, 5.74) is 0.933. The van der Waals surface area contributed by atoms with Gasteiger partial charge in [0.05, 0.1) is 12.2 Å². The molecule has 206 valence electrons. The number of amides is 2. The number of likely N-dealkylation sites (N-methyl/N-ethyl adjacent to an activating group) is 1. The molecule has 2 aliphatic carbocycles. The highest BCUT2D eigenvalue weighted by molar-refractivity contribution is 5.89. The molecule has 0 radical (unpaired) electrons. The molecule has 7 nitrogen and oxygen atoms in total. The van der Waals surface area contributed by atoms with Crippen LogP contribution in [0.5, 0.6) is 0 Å². The van der Waals surface area contributed by atoms with E-state index in [1.165, 1.54) is 32.1 Å². The van der Waals surface area contributed by atoms with Crippen LogP contribution in [0.3, 0.4) is 0 Å². The van der Waals surface area contributed by atoms with Crippen molar-refractivity contribution in [2.75, 3.05) is 13.6 Å². The van der Waals surface area contributed by atoms with Gasteiger partial charge in [-0.1, -0.05) is 33.3 Å². The van der Waals surface area contributed by atoms with Crippen LogP contribution in [-0.2, 0) is 14.3 Å². The van der Waals surface area contributed by atoms with Gasteiger partial charge in [-0.05, 0) is 83.5 Å². The van der Waals surface area contributed by atoms with Crippen molar-refractivity contribution in [3.05, 3.63) is 12.3 Å². The fraction of sp³-hybridized carbons (Fsp3) is 0.862. The van der Waals surface area contributed by atoms with Crippen LogP contribution in [0.25, 0.3) is 0 Å². The van der Waals surface area contributed by atoms with Crippen LogP contribution < -0.4 is 16.0 Å². The molecule has 3 N–H and O–H groups in total. The maximum Gasteiger partial charge on any atom is 0.243 e. The van der Waals surface area contributed by atoms with E-state index in [2.05, 4.69) is 50.2 Å². The molecule has 0 aromatic carbocycles. The average Bonchev–Trinajstić information content (AvgIpc) is 3.66. The molecular formula is C29H52N4O3. The van der Waals surface area contributed by atoms with Crippen molar-refractivity contribution in [3.63, 3.8) is 0 Å². The quantitative estimate of drug-likeness (QED) is 0.542. The molecular weight excluding hydrogens is 452 g/mol. The summed E-state index contributed by atoms with van der Waals surface area (Å²) in [5.74, 6) is 1.16. The van der Waals surface area contributed by atoms with Crippen molar-refractivity contribution in [2.24, 2.45) is 17.8 Å². The third-order valence-electron chi connectivity index (χ3n) is 8.44. The molecule has 3 aliphatic rings. The van der Waals surface area contributed by atoms with Crippen LogP contribution in [0.15, 0.2) is 12.3 Å². The topological polar surface area (TPSA) is 82.7 Å². The molecule has 0 spiro atoms. The highest BCUT2D eigenvalue weighted by Gasteiger charge is 2.37. The molecule has 3 fully saturated rings. The zero-order chi connectivity index (χ0) is 26.4. The van der Waals surface area contributed by atoms with Gasteiger partial charge in [-0.15, -0.1) is 0 Å². The number of rotatable bonds is 3. The van der Waals surface area contributed by atoms with Crippen molar-refractivity contribution < 1.29 is 14.3 Å². The van der Waals surface area contributed by atoms with E-state index in [9.17, 15) is 9.59 Å². The number of ether oxygens (including phenoxy) is 1. The number of nitrogens with one attached hydrogen (secondary N) is 3.